The molecule has 2 unspecified atom stereocenters. The van der Waals surface area contributed by atoms with Crippen molar-refractivity contribution in [3.63, 3.8) is 0 Å². The number of likely N-dealkylation sites (tertiary alicyclic amines) is 1. The van der Waals surface area contributed by atoms with E-state index in [0.29, 0.717) is 24.2 Å². The van der Waals surface area contributed by atoms with Gasteiger partial charge >= 0.3 is 0 Å². The average molecular weight is 241 g/mol. The van der Waals surface area contributed by atoms with E-state index in [2.05, 4.69) is 18.7 Å². The Balaban J connectivity index is 1.90. The van der Waals surface area contributed by atoms with Gasteiger partial charge in [-0.2, -0.15) is 0 Å². The molecule has 3 nitrogen and oxygen atoms in total. The van der Waals surface area contributed by atoms with Crippen molar-refractivity contribution in [1.29, 1.82) is 0 Å². The van der Waals surface area contributed by atoms with Gasteiger partial charge in [-0.05, 0) is 51.9 Å². The first kappa shape index (κ1) is 13.3. The summed E-state index contributed by atoms with van der Waals surface area (Å²) in [6.45, 7) is 8.18. The summed E-state index contributed by atoms with van der Waals surface area (Å²) < 4.78 is 5.75. The number of ether oxygens (including phenoxy) is 1. The van der Waals surface area contributed by atoms with Crippen LogP contribution in [0.2, 0.25) is 0 Å². The molecule has 1 N–H and O–H groups in total. The number of aliphatic hydroxyl groups excluding tert-OH is 1. The smallest absolute Gasteiger partial charge is 0.0703 e. The summed E-state index contributed by atoms with van der Waals surface area (Å²) in [4.78, 5) is 2.59. The third-order valence-corrected chi connectivity index (χ3v) is 4.48. The minimum atomic E-state index is 0.303. The summed E-state index contributed by atoms with van der Waals surface area (Å²) in [6.07, 6.45) is 6.34. The van der Waals surface area contributed by atoms with E-state index in [-0.39, 0.29) is 0 Å². The quantitative estimate of drug-likeness (QED) is 0.817. The van der Waals surface area contributed by atoms with Crippen LogP contribution in [0.4, 0.5) is 0 Å². The number of piperidine rings is 1. The molecule has 2 aliphatic heterocycles. The van der Waals surface area contributed by atoms with Gasteiger partial charge in [0.2, 0.25) is 0 Å². The zero-order valence-corrected chi connectivity index (χ0v) is 11.3. The van der Waals surface area contributed by atoms with Crippen molar-refractivity contribution in [1.82, 2.24) is 4.90 Å². The maximum absolute atomic E-state index is 9.08. The highest BCUT2D eigenvalue weighted by molar-refractivity contribution is 4.90. The van der Waals surface area contributed by atoms with Crippen LogP contribution < -0.4 is 0 Å². The number of hydrogen-bond acceptors (Lipinski definition) is 3. The largest absolute Gasteiger partial charge is 0.396 e. The zero-order valence-electron chi connectivity index (χ0n) is 11.3. The van der Waals surface area contributed by atoms with E-state index in [1.807, 2.05) is 0 Å². The van der Waals surface area contributed by atoms with Gasteiger partial charge in [0.05, 0.1) is 6.10 Å². The first-order valence-corrected chi connectivity index (χ1v) is 7.09. The molecule has 0 spiro atoms. The van der Waals surface area contributed by atoms with Crippen LogP contribution in [0.1, 0.15) is 46.0 Å². The van der Waals surface area contributed by atoms with Crippen molar-refractivity contribution in [2.45, 2.75) is 57.6 Å². The Bertz CT molecular complexity index is 236. The highest BCUT2D eigenvalue weighted by Gasteiger charge is 2.35. The highest BCUT2D eigenvalue weighted by atomic mass is 16.5. The fraction of sp³-hybridized carbons (Fsp3) is 1.00. The standard InChI is InChI=1S/C14H27NO2/c1-14(2)7-5-12(6-8-16)10-15(14)11-13-4-3-9-17-13/h12-13,16H,3-11H2,1-2H3. The average Bonchev–Trinajstić information content (AvgIpc) is 2.76. The van der Waals surface area contributed by atoms with Crippen LogP contribution in [0.15, 0.2) is 0 Å². The summed E-state index contributed by atoms with van der Waals surface area (Å²) in [6, 6.07) is 0. The Morgan fingerprint density at radius 3 is 2.82 bits per heavy atom. The van der Waals surface area contributed by atoms with Crippen LogP contribution in [0.25, 0.3) is 0 Å². The molecule has 2 saturated heterocycles. The second-order valence-electron chi connectivity index (χ2n) is 6.27. The normalized spacial score (nSPS) is 34.1. The molecule has 2 fully saturated rings. The summed E-state index contributed by atoms with van der Waals surface area (Å²) in [5.74, 6) is 0.675. The minimum absolute atomic E-state index is 0.303. The lowest BCUT2D eigenvalue weighted by Gasteiger charge is -2.46. The second-order valence-corrected chi connectivity index (χ2v) is 6.27. The fourth-order valence-corrected chi connectivity index (χ4v) is 3.14. The van der Waals surface area contributed by atoms with Crippen molar-refractivity contribution >= 4 is 0 Å². The van der Waals surface area contributed by atoms with E-state index in [1.165, 1.54) is 25.7 Å². The van der Waals surface area contributed by atoms with E-state index in [1.54, 1.807) is 0 Å². The molecule has 0 radical (unpaired) electrons. The first-order chi connectivity index (χ1) is 8.12. The van der Waals surface area contributed by atoms with Gasteiger partial charge in [-0.3, -0.25) is 4.90 Å². The van der Waals surface area contributed by atoms with Gasteiger partial charge in [0.1, 0.15) is 0 Å². The third-order valence-electron chi connectivity index (χ3n) is 4.48. The molecular formula is C14H27NO2. The van der Waals surface area contributed by atoms with E-state index in [4.69, 9.17) is 9.84 Å². The van der Waals surface area contributed by atoms with Crippen molar-refractivity contribution in [2.75, 3.05) is 26.3 Å². The molecular weight excluding hydrogens is 214 g/mol. The van der Waals surface area contributed by atoms with Gasteiger partial charge in [0.25, 0.3) is 0 Å². The summed E-state index contributed by atoms with van der Waals surface area (Å²) in [5.41, 5.74) is 0.303. The summed E-state index contributed by atoms with van der Waals surface area (Å²) in [7, 11) is 0. The Labute approximate surface area is 105 Å². The molecule has 0 aromatic heterocycles. The van der Waals surface area contributed by atoms with Crippen LogP contribution in [-0.2, 0) is 4.74 Å². The number of aliphatic hydroxyl groups is 1. The Kier molecular flexibility index (Phi) is 4.45. The Hall–Kier alpha value is -0.120. The zero-order chi connectivity index (χ0) is 12.3. The van der Waals surface area contributed by atoms with Crippen LogP contribution in [-0.4, -0.2) is 48.0 Å². The molecule has 2 atom stereocenters. The summed E-state index contributed by atoms with van der Waals surface area (Å²) in [5, 5.41) is 9.08. The number of hydrogen-bond donors (Lipinski definition) is 1. The van der Waals surface area contributed by atoms with Gasteiger partial charge in [0.15, 0.2) is 0 Å². The monoisotopic (exact) mass is 241 g/mol. The van der Waals surface area contributed by atoms with Crippen LogP contribution in [0.5, 0.6) is 0 Å². The molecule has 100 valence electrons. The lowest BCUT2D eigenvalue weighted by Crippen LogP contribution is -2.52. The minimum Gasteiger partial charge on any atom is -0.396 e. The first-order valence-electron chi connectivity index (χ1n) is 7.09. The van der Waals surface area contributed by atoms with Crippen molar-refractivity contribution in [2.24, 2.45) is 5.92 Å². The number of nitrogens with zero attached hydrogens (tertiary/aromatic N) is 1. The molecule has 2 rings (SSSR count). The predicted molar refractivity (Wildman–Crippen MR) is 69.1 cm³/mol. The molecule has 17 heavy (non-hydrogen) atoms. The van der Waals surface area contributed by atoms with Crippen molar-refractivity contribution in [3.05, 3.63) is 0 Å². The fourth-order valence-electron chi connectivity index (χ4n) is 3.14. The van der Waals surface area contributed by atoms with E-state index in [0.717, 1.165) is 26.1 Å². The molecule has 0 saturated carbocycles. The molecule has 0 aliphatic carbocycles. The van der Waals surface area contributed by atoms with E-state index < -0.39 is 0 Å². The number of rotatable bonds is 4. The van der Waals surface area contributed by atoms with Gasteiger partial charge in [-0.25, -0.2) is 0 Å². The van der Waals surface area contributed by atoms with Crippen LogP contribution >= 0.6 is 0 Å². The van der Waals surface area contributed by atoms with Crippen LogP contribution in [0.3, 0.4) is 0 Å². The molecule has 0 aromatic carbocycles. The Morgan fingerprint density at radius 2 is 2.18 bits per heavy atom. The molecule has 2 heterocycles. The van der Waals surface area contributed by atoms with Crippen molar-refractivity contribution in [3.8, 4) is 0 Å². The Morgan fingerprint density at radius 1 is 1.35 bits per heavy atom. The lowest BCUT2D eigenvalue weighted by atomic mass is 9.83. The topological polar surface area (TPSA) is 32.7 Å². The van der Waals surface area contributed by atoms with Crippen LogP contribution in [0, 0.1) is 5.92 Å². The molecule has 0 amide bonds. The highest BCUT2D eigenvalue weighted by Crippen LogP contribution is 2.32. The third kappa shape index (κ3) is 3.43. The maximum atomic E-state index is 9.08. The van der Waals surface area contributed by atoms with E-state index >= 15 is 0 Å². The lowest BCUT2D eigenvalue weighted by molar-refractivity contribution is -0.00800. The van der Waals surface area contributed by atoms with Gasteiger partial charge in [-0.1, -0.05) is 0 Å². The maximum Gasteiger partial charge on any atom is 0.0703 e. The van der Waals surface area contributed by atoms with Gasteiger partial charge in [0, 0.05) is 31.8 Å². The molecule has 0 aromatic rings. The second kappa shape index (κ2) is 5.68. The summed E-state index contributed by atoms with van der Waals surface area (Å²) >= 11 is 0. The molecule has 0 bridgehead atoms. The van der Waals surface area contributed by atoms with Gasteiger partial charge in [-0.15, -0.1) is 0 Å². The SMILES string of the molecule is CC1(C)CCC(CCO)CN1CC1CCCO1. The van der Waals surface area contributed by atoms with Crippen molar-refractivity contribution < 1.29 is 9.84 Å². The predicted octanol–water partition coefficient (Wildman–Crippen LogP) is 2.04. The molecule has 3 heteroatoms. The van der Waals surface area contributed by atoms with Gasteiger partial charge < -0.3 is 9.84 Å². The van der Waals surface area contributed by atoms with E-state index in [9.17, 15) is 0 Å². The molecule has 2 aliphatic rings.